The van der Waals surface area contributed by atoms with E-state index in [9.17, 15) is 4.79 Å². The molecule has 4 aromatic rings. The molecule has 2 aromatic heterocycles. The van der Waals surface area contributed by atoms with Gasteiger partial charge in [-0.15, -0.1) is 16.0 Å². The van der Waals surface area contributed by atoms with Crippen LogP contribution in [0.3, 0.4) is 0 Å². The molecular weight excluding hydrogens is 406 g/mol. The second-order valence-corrected chi connectivity index (χ2v) is 7.74. The van der Waals surface area contributed by atoms with Gasteiger partial charge in [-0.3, -0.25) is 4.79 Å². The highest BCUT2D eigenvalue weighted by Gasteiger charge is 2.19. The number of hydrogen-bond acceptors (Lipinski definition) is 6. The first-order valence-electron chi connectivity index (χ1n) is 8.76. The number of thioether (sulfide) groups is 1. The fourth-order valence-electron chi connectivity index (χ4n) is 2.63. The van der Waals surface area contributed by atoms with Gasteiger partial charge in [0.1, 0.15) is 5.75 Å². The SMILES string of the molecule is COc1ccc(-c2csc(NC(=O)CSc3nc[nH][n+]3-c3ccccc3)n2)cc1. The number of nitrogens with zero attached hydrogens (tertiary/aromatic N) is 3. The maximum absolute atomic E-state index is 12.4. The fourth-order valence-corrected chi connectivity index (χ4v) is 4.11. The lowest BCUT2D eigenvalue weighted by Gasteiger charge is -2.01. The summed E-state index contributed by atoms with van der Waals surface area (Å²) in [6.07, 6.45) is 1.61. The molecule has 0 aliphatic carbocycles. The predicted molar refractivity (Wildman–Crippen MR) is 114 cm³/mol. The highest BCUT2D eigenvalue weighted by atomic mass is 32.2. The van der Waals surface area contributed by atoms with Crippen LogP contribution in [-0.2, 0) is 4.79 Å². The van der Waals surface area contributed by atoms with Crippen molar-refractivity contribution in [1.82, 2.24) is 15.1 Å². The molecule has 0 atom stereocenters. The zero-order valence-electron chi connectivity index (χ0n) is 15.5. The molecule has 0 unspecified atom stereocenters. The van der Waals surface area contributed by atoms with Gasteiger partial charge in [-0.05, 0) is 53.1 Å². The summed E-state index contributed by atoms with van der Waals surface area (Å²) < 4.78 is 7.01. The normalized spacial score (nSPS) is 10.7. The minimum Gasteiger partial charge on any atom is -0.497 e. The number of para-hydroxylation sites is 1. The molecule has 0 spiro atoms. The number of hydrogen-bond donors (Lipinski definition) is 2. The van der Waals surface area contributed by atoms with E-state index in [0.717, 1.165) is 22.7 Å². The molecule has 146 valence electrons. The summed E-state index contributed by atoms with van der Waals surface area (Å²) in [6, 6.07) is 17.4. The highest BCUT2D eigenvalue weighted by molar-refractivity contribution is 7.99. The van der Waals surface area contributed by atoms with E-state index >= 15 is 0 Å². The Kier molecular flexibility index (Phi) is 5.87. The van der Waals surface area contributed by atoms with Crippen molar-refractivity contribution in [3.05, 3.63) is 66.3 Å². The summed E-state index contributed by atoms with van der Waals surface area (Å²) >= 11 is 2.75. The molecule has 0 aliphatic heterocycles. The second kappa shape index (κ2) is 8.89. The van der Waals surface area contributed by atoms with E-state index < -0.39 is 0 Å². The van der Waals surface area contributed by atoms with E-state index in [-0.39, 0.29) is 11.7 Å². The maximum atomic E-state index is 12.4. The number of amides is 1. The van der Waals surface area contributed by atoms with Gasteiger partial charge in [-0.1, -0.05) is 18.2 Å². The van der Waals surface area contributed by atoms with Crippen LogP contribution in [0.5, 0.6) is 5.75 Å². The average molecular weight is 425 g/mol. The van der Waals surface area contributed by atoms with Gasteiger partial charge in [0.15, 0.2) is 10.8 Å². The highest BCUT2D eigenvalue weighted by Crippen LogP contribution is 2.26. The molecule has 9 heteroatoms. The van der Waals surface area contributed by atoms with Crippen LogP contribution in [0.4, 0.5) is 5.13 Å². The van der Waals surface area contributed by atoms with Gasteiger partial charge in [-0.25, -0.2) is 4.98 Å². The molecule has 4 rings (SSSR count). The fraction of sp³-hybridized carbons (Fsp3) is 0.100. The molecule has 29 heavy (non-hydrogen) atoms. The third kappa shape index (κ3) is 4.64. The number of thiazole rings is 1. The lowest BCUT2D eigenvalue weighted by Crippen LogP contribution is -2.35. The molecule has 0 fully saturated rings. The Labute approximate surface area is 175 Å². The third-order valence-corrected chi connectivity index (χ3v) is 5.75. The monoisotopic (exact) mass is 424 g/mol. The molecular formula is C20H18N5O2S2+. The third-order valence-electron chi connectivity index (χ3n) is 4.04. The number of methoxy groups -OCH3 is 1. The van der Waals surface area contributed by atoms with Crippen LogP contribution in [0.15, 0.2) is 71.5 Å². The summed E-state index contributed by atoms with van der Waals surface area (Å²) in [4.78, 5) is 21.1. The second-order valence-electron chi connectivity index (χ2n) is 5.94. The van der Waals surface area contributed by atoms with Crippen molar-refractivity contribution >= 4 is 34.1 Å². The number of rotatable bonds is 7. The molecule has 0 radical (unpaired) electrons. The number of carbonyl (C=O) groups is 1. The first-order chi connectivity index (χ1) is 14.2. The zero-order chi connectivity index (χ0) is 20.1. The predicted octanol–water partition coefficient (Wildman–Crippen LogP) is 3.55. The van der Waals surface area contributed by atoms with Gasteiger partial charge in [0, 0.05) is 10.9 Å². The average Bonchev–Trinajstić information content (AvgIpc) is 3.42. The van der Waals surface area contributed by atoms with Crippen LogP contribution in [0, 0.1) is 0 Å². The van der Waals surface area contributed by atoms with Gasteiger partial charge in [0.25, 0.3) is 0 Å². The van der Waals surface area contributed by atoms with E-state index in [1.54, 1.807) is 13.4 Å². The van der Waals surface area contributed by atoms with E-state index in [0.29, 0.717) is 10.3 Å². The first kappa shape index (κ1) is 19.2. The Bertz CT molecular complexity index is 1090. The van der Waals surface area contributed by atoms with Crippen LogP contribution in [0.2, 0.25) is 0 Å². The van der Waals surface area contributed by atoms with Crippen molar-refractivity contribution in [3.8, 4) is 22.7 Å². The Balaban J connectivity index is 1.36. The van der Waals surface area contributed by atoms with Gasteiger partial charge < -0.3 is 10.1 Å². The van der Waals surface area contributed by atoms with E-state index in [1.807, 2.05) is 64.7 Å². The van der Waals surface area contributed by atoms with Gasteiger partial charge in [0.05, 0.1) is 18.6 Å². The van der Waals surface area contributed by atoms with E-state index in [1.165, 1.54) is 23.1 Å². The maximum Gasteiger partial charge on any atom is 0.385 e. The van der Waals surface area contributed by atoms with Crippen LogP contribution < -0.4 is 14.7 Å². The van der Waals surface area contributed by atoms with Crippen LogP contribution >= 0.6 is 23.1 Å². The number of H-pyrrole nitrogens is 1. The molecule has 7 nitrogen and oxygen atoms in total. The van der Waals surface area contributed by atoms with Crippen LogP contribution in [-0.4, -0.2) is 33.8 Å². The minimum atomic E-state index is -0.131. The Morgan fingerprint density at radius 2 is 2.00 bits per heavy atom. The Morgan fingerprint density at radius 3 is 2.76 bits per heavy atom. The van der Waals surface area contributed by atoms with E-state index in [4.69, 9.17) is 4.74 Å². The minimum absolute atomic E-state index is 0.131. The summed E-state index contributed by atoms with van der Waals surface area (Å²) in [7, 11) is 1.63. The standard InChI is InChI=1S/C20H17N5O2S2/c1-27-16-9-7-14(8-10-16)17-11-28-19(23-17)24-18(26)12-29-20-21-13-22-25(20)15-5-3-2-4-6-15/h2-11,13H,12H2,1H3,(H,23,24,26)/p+1. The van der Waals surface area contributed by atoms with Crippen molar-refractivity contribution in [2.24, 2.45) is 0 Å². The van der Waals surface area contributed by atoms with Crippen molar-refractivity contribution in [1.29, 1.82) is 0 Å². The van der Waals surface area contributed by atoms with Crippen LogP contribution in [0.1, 0.15) is 0 Å². The molecule has 0 saturated heterocycles. The van der Waals surface area contributed by atoms with E-state index in [2.05, 4.69) is 20.4 Å². The number of carbonyl (C=O) groups excluding carboxylic acids is 1. The molecule has 2 heterocycles. The summed E-state index contributed by atoms with van der Waals surface area (Å²) in [5.41, 5.74) is 2.74. The zero-order valence-corrected chi connectivity index (χ0v) is 17.2. The number of benzene rings is 2. The van der Waals surface area contributed by atoms with Gasteiger partial charge in [0.2, 0.25) is 12.2 Å². The van der Waals surface area contributed by atoms with Crippen LogP contribution in [0.25, 0.3) is 16.9 Å². The van der Waals surface area contributed by atoms with Crippen molar-refractivity contribution < 1.29 is 14.2 Å². The molecule has 0 aliphatic rings. The first-order valence-corrected chi connectivity index (χ1v) is 10.6. The molecule has 2 aromatic carbocycles. The quantitative estimate of drug-likeness (QED) is 0.350. The number of aromatic nitrogens is 4. The Hall–Kier alpha value is -3.17. The molecule has 0 saturated carbocycles. The van der Waals surface area contributed by atoms with Crippen molar-refractivity contribution in [2.45, 2.75) is 5.16 Å². The lowest BCUT2D eigenvalue weighted by atomic mass is 10.2. The lowest BCUT2D eigenvalue weighted by molar-refractivity contribution is -0.694. The molecule has 2 N–H and O–H groups in total. The summed E-state index contributed by atoms with van der Waals surface area (Å²) in [5, 5.41) is 9.11. The van der Waals surface area contributed by atoms with Gasteiger partial charge >= 0.3 is 5.16 Å². The summed E-state index contributed by atoms with van der Waals surface area (Å²) in [5.74, 6) is 0.892. The topological polar surface area (TPSA) is 83.8 Å². The number of anilines is 1. The molecule has 0 bridgehead atoms. The largest absolute Gasteiger partial charge is 0.497 e. The molecule has 1 amide bonds. The number of aromatic amines is 1. The number of nitrogens with one attached hydrogen (secondary N) is 2. The van der Waals surface area contributed by atoms with Crippen molar-refractivity contribution in [2.75, 3.05) is 18.2 Å². The summed E-state index contributed by atoms with van der Waals surface area (Å²) in [6.45, 7) is 0. The van der Waals surface area contributed by atoms with Crippen molar-refractivity contribution in [3.63, 3.8) is 0 Å². The Morgan fingerprint density at radius 1 is 1.21 bits per heavy atom. The van der Waals surface area contributed by atoms with Gasteiger partial charge in [-0.2, -0.15) is 5.10 Å². The number of ether oxygens (including phenoxy) is 1. The smallest absolute Gasteiger partial charge is 0.385 e.